The van der Waals surface area contributed by atoms with Gasteiger partial charge >= 0.3 is 5.91 Å². The van der Waals surface area contributed by atoms with E-state index in [1.165, 1.54) is 48.5 Å². The summed E-state index contributed by atoms with van der Waals surface area (Å²) in [6.07, 6.45) is 0. The fraction of sp³-hybridized carbons (Fsp3) is 0.125. The first-order valence-corrected chi connectivity index (χ1v) is 11.6. The minimum atomic E-state index is -1.26. The van der Waals surface area contributed by atoms with Gasteiger partial charge in [-0.2, -0.15) is 0 Å². The molecule has 1 aliphatic rings. The lowest BCUT2D eigenvalue weighted by atomic mass is 9.95. The van der Waals surface area contributed by atoms with Gasteiger partial charge in [-0.1, -0.05) is 23.5 Å². The Kier molecular flexibility index (Phi) is 5.56. The molecule has 2 aromatic carbocycles. The lowest BCUT2D eigenvalue weighted by Gasteiger charge is -2.22. The third-order valence-corrected chi connectivity index (χ3v) is 6.93. The molecule has 1 unspecified atom stereocenters. The number of ketones is 1. The van der Waals surface area contributed by atoms with Crippen LogP contribution in [0, 0.1) is 34.1 Å². The molecular weight excluding hydrogens is 504 g/mol. The van der Waals surface area contributed by atoms with Crippen LogP contribution in [0.3, 0.4) is 0 Å². The maximum Gasteiger partial charge on any atom is 0.301 e. The number of aromatic nitrogens is 1. The van der Waals surface area contributed by atoms with Crippen molar-refractivity contribution in [1.82, 2.24) is 4.98 Å². The molecule has 186 valence electrons. The quantitative estimate of drug-likeness (QED) is 0.126. The molecule has 0 bridgehead atoms. The summed E-state index contributed by atoms with van der Waals surface area (Å²) < 4.78 is 5.87. The fourth-order valence-corrected chi connectivity index (χ4v) is 5.31. The molecule has 37 heavy (non-hydrogen) atoms. The van der Waals surface area contributed by atoms with E-state index in [2.05, 4.69) is 4.98 Å². The molecule has 1 aliphatic heterocycles. The van der Waals surface area contributed by atoms with Crippen LogP contribution in [0.15, 0.2) is 58.5 Å². The van der Waals surface area contributed by atoms with E-state index in [0.29, 0.717) is 21.7 Å². The average Bonchev–Trinajstić information content (AvgIpc) is 3.51. The van der Waals surface area contributed by atoms with Gasteiger partial charge in [-0.3, -0.25) is 34.7 Å². The first-order valence-electron chi connectivity index (χ1n) is 10.7. The minimum Gasteiger partial charge on any atom is -0.507 e. The SMILES string of the molecule is Cc1cc(/C(O)=C2\C(=O)C(=O)N(c3nc4ccc([N+](=O)[O-])cc4s3)C2c2cccc([N+](=O)[O-])c2)c(C)o1. The summed E-state index contributed by atoms with van der Waals surface area (Å²) >= 11 is 0.938. The van der Waals surface area contributed by atoms with Crippen LogP contribution >= 0.6 is 11.3 Å². The van der Waals surface area contributed by atoms with Gasteiger partial charge in [-0.05, 0) is 31.5 Å². The first-order chi connectivity index (χ1) is 17.6. The number of thiazole rings is 1. The van der Waals surface area contributed by atoms with E-state index in [1.807, 2.05) is 0 Å². The second kappa shape index (κ2) is 8.64. The number of fused-ring (bicyclic) bond motifs is 1. The molecule has 5 rings (SSSR count). The third kappa shape index (κ3) is 3.90. The number of aryl methyl sites for hydroxylation is 2. The summed E-state index contributed by atoms with van der Waals surface area (Å²) in [6, 6.07) is 9.61. The molecule has 1 N–H and O–H groups in total. The van der Waals surface area contributed by atoms with Crippen LogP contribution in [0.5, 0.6) is 0 Å². The lowest BCUT2D eigenvalue weighted by Crippen LogP contribution is -2.29. The Morgan fingerprint density at radius 1 is 1.05 bits per heavy atom. The molecular formula is C24H16N4O8S. The maximum atomic E-state index is 13.3. The number of carbonyl (C=O) groups is 2. The van der Waals surface area contributed by atoms with Crippen LogP contribution in [0.4, 0.5) is 16.5 Å². The van der Waals surface area contributed by atoms with Crippen molar-refractivity contribution < 1.29 is 29.0 Å². The van der Waals surface area contributed by atoms with Crippen LogP contribution in [-0.4, -0.2) is 31.6 Å². The normalized spacial score (nSPS) is 17.0. The summed E-state index contributed by atoms with van der Waals surface area (Å²) in [5.74, 6) is -1.75. The van der Waals surface area contributed by atoms with Crippen LogP contribution in [0.25, 0.3) is 16.0 Å². The maximum absolute atomic E-state index is 13.3. The van der Waals surface area contributed by atoms with Crippen molar-refractivity contribution in [2.24, 2.45) is 0 Å². The molecule has 1 amide bonds. The zero-order chi connectivity index (χ0) is 26.6. The van der Waals surface area contributed by atoms with Gasteiger partial charge in [0.1, 0.15) is 17.3 Å². The molecule has 0 spiro atoms. The number of nitrogens with zero attached hydrogens (tertiary/aromatic N) is 4. The highest BCUT2D eigenvalue weighted by Crippen LogP contribution is 2.45. The molecule has 13 heteroatoms. The molecule has 0 aliphatic carbocycles. The number of hydrogen-bond donors (Lipinski definition) is 1. The van der Waals surface area contributed by atoms with E-state index in [1.54, 1.807) is 13.8 Å². The van der Waals surface area contributed by atoms with Gasteiger partial charge in [-0.25, -0.2) is 4.98 Å². The third-order valence-electron chi connectivity index (χ3n) is 5.91. The van der Waals surface area contributed by atoms with Gasteiger partial charge in [0, 0.05) is 24.3 Å². The molecule has 0 saturated carbocycles. The second-order valence-corrected chi connectivity index (χ2v) is 9.26. The summed E-state index contributed by atoms with van der Waals surface area (Å²) in [5, 5.41) is 33.9. The van der Waals surface area contributed by atoms with E-state index in [0.717, 1.165) is 16.2 Å². The highest BCUT2D eigenvalue weighted by atomic mass is 32.1. The van der Waals surface area contributed by atoms with Gasteiger partial charge in [0.2, 0.25) is 0 Å². The number of aliphatic hydroxyl groups is 1. The minimum absolute atomic E-state index is 0.0354. The van der Waals surface area contributed by atoms with Crippen LogP contribution < -0.4 is 4.90 Å². The predicted molar refractivity (Wildman–Crippen MR) is 132 cm³/mol. The van der Waals surface area contributed by atoms with E-state index in [9.17, 15) is 34.9 Å². The van der Waals surface area contributed by atoms with Gasteiger partial charge < -0.3 is 9.52 Å². The van der Waals surface area contributed by atoms with Crippen LogP contribution in [0.2, 0.25) is 0 Å². The number of hydrogen-bond acceptors (Lipinski definition) is 10. The molecule has 12 nitrogen and oxygen atoms in total. The Balaban J connectivity index is 1.75. The van der Waals surface area contributed by atoms with Crippen molar-refractivity contribution in [3.63, 3.8) is 0 Å². The predicted octanol–water partition coefficient (Wildman–Crippen LogP) is 4.95. The molecule has 2 aromatic heterocycles. The van der Waals surface area contributed by atoms with Crippen molar-refractivity contribution in [3.8, 4) is 0 Å². The number of Topliss-reactive ketones (excluding diaryl/α,β-unsaturated/α-hetero) is 1. The van der Waals surface area contributed by atoms with Crippen molar-refractivity contribution >= 4 is 55.5 Å². The Labute approximate surface area is 211 Å². The molecule has 0 radical (unpaired) electrons. The Bertz CT molecular complexity index is 1680. The van der Waals surface area contributed by atoms with E-state index in [-0.39, 0.29) is 33.2 Å². The molecule has 4 aromatic rings. The monoisotopic (exact) mass is 520 g/mol. The topological polar surface area (TPSA) is 170 Å². The largest absolute Gasteiger partial charge is 0.507 e. The number of amides is 1. The number of furan rings is 1. The Hall–Kier alpha value is -4.91. The molecule has 1 saturated heterocycles. The smallest absolute Gasteiger partial charge is 0.301 e. The van der Waals surface area contributed by atoms with Crippen molar-refractivity contribution in [2.75, 3.05) is 4.90 Å². The Morgan fingerprint density at radius 3 is 2.41 bits per heavy atom. The Morgan fingerprint density at radius 2 is 1.76 bits per heavy atom. The van der Waals surface area contributed by atoms with E-state index < -0.39 is 33.3 Å². The average molecular weight is 520 g/mol. The zero-order valence-corrected chi connectivity index (χ0v) is 20.0. The standard InChI is InChI=1S/C24H16N4O8S/c1-11-8-16(12(2)36-11)21(29)19-20(13-4-3-5-14(9-13)27(32)33)26(23(31)22(19)30)24-25-17-7-6-15(28(34)35)10-18(17)37-24/h3-10,20,29H,1-2H3/b21-19+. The molecule has 1 fully saturated rings. The van der Waals surface area contributed by atoms with E-state index >= 15 is 0 Å². The second-order valence-electron chi connectivity index (χ2n) is 8.25. The zero-order valence-electron chi connectivity index (χ0n) is 19.2. The van der Waals surface area contributed by atoms with Crippen molar-refractivity contribution in [2.45, 2.75) is 19.9 Å². The summed E-state index contributed by atoms with van der Waals surface area (Å²) in [5.41, 5.74) is -0.000664. The highest BCUT2D eigenvalue weighted by molar-refractivity contribution is 7.22. The summed E-state index contributed by atoms with van der Waals surface area (Å²) in [6.45, 7) is 3.24. The van der Waals surface area contributed by atoms with Gasteiger partial charge in [-0.15, -0.1) is 0 Å². The number of carbonyl (C=O) groups excluding carboxylic acids is 2. The molecule has 1 atom stereocenters. The van der Waals surface area contributed by atoms with Crippen LogP contribution in [-0.2, 0) is 9.59 Å². The molecule has 3 heterocycles. The lowest BCUT2D eigenvalue weighted by molar-refractivity contribution is -0.385. The van der Waals surface area contributed by atoms with E-state index in [4.69, 9.17) is 4.42 Å². The summed E-state index contributed by atoms with van der Waals surface area (Å²) in [4.78, 5) is 53.5. The van der Waals surface area contributed by atoms with Crippen LogP contribution in [0.1, 0.15) is 28.7 Å². The number of nitro benzene ring substituents is 2. The number of aliphatic hydroxyl groups excluding tert-OH is 1. The van der Waals surface area contributed by atoms with Crippen molar-refractivity contribution in [3.05, 3.63) is 97.0 Å². The van der Waals surface area contributed by atoms with Crippen molar-refractivity contribution in [1.29, 1.82) is 0 Å². The first kappa shape index (κ1) is 23.8. The number of non-ortho nitro benzene ring substituents is 2. The fourth-order valence-electron chi connectivity index (χ4n) is 4.28. The number of benzene rings is 2. The van der Waals surface area contributed by atoms with Gasteiger partial charge in [0.05, 0.1) is 37.2 Å². The van der Waals surface area contributed by atoms with Gasteiger partial charge in [0.25, 0.3) is 17.2 Å². The highest BCUT2D eigenvalue weighted by Gasteiger charge is 2.48. The number of nitro groups is 2. The number of rotatable bonds is 5. The number of anilines is 1. The van der Waals surface area contributed by atoms with Gasteiger partial charge in [0.15, 0.2) is 5.13 Å². The summed E-state index contributed by atoms with van der Waals surface area (Å²) in [7, 11) is 0.